The number of carbonyl (C=O) groups excluding carboxylic acids is 1. The van der Waals surface area contributed by atoms with Gasteiger partial charge in [-0.05, 0) is 31.1 Å². The topological polar surface area (TPSA) is 41.1 Å². The zero-order chi connectivity index (χ0) is 15.3. The highest BCUT2D eigenvalue weighted by atomic mass is 35.5. The van der Waals surface area contributed by atoms with Crippen molar-refractivity contribution in [2.45, 2.75) is 17.4 Å². The van der Waals surface area contributed by atoms with Gasteiger partial charge in [-0.2, -0.15) is 0 Å². The van der Waals surface area contributed by atoms with Crippen LogP contribution in [0.25, 0.3) is 0 Å². The van der Waals surface area contributed by atoms with Gasteiger partial charge in [0.05, 0.1) is 15.7 Å². The third-order valence-corrected chi connectivity index (χ3v) is 6.86. The molecular weight excluding hydrogens is 359 g/mol. The monoisotopic (exact) mass is 372 g/mol. The van der Waals surface area contributed by atoms with Crippen LogP contribution >= 0.6 is 58.3 Å². The number of thioether (sulfide) groups is 2. The van der Waals surface area contributed by atoms with Crippen molar-refractivity contribution in [1.29, 1.82) is 0 Å². The van der Waals surface area contributed by atoms with Gasteiger partial charge in [-0.25, -0.2) is 0 Å². The fourth-order valence-electron chi connectivity index (χ4n) is 1.59. The Balaban J connectivity index is 2.85. The first-order chi connectivity index (χ1) is 9.40. The third-order valence-electron chi connectivity index (χ3n) is 2.78. The second-order valence-electron chi connectivity index (χ2n) is 3.84. The summed E-state index contributed by atoms with van der Waals surface area (Å²) in [5.74, 6) is -0.137. The Kier molecular flexibility index (Phi) is 7.15. The molecule has 2 N–H and O–H groups in total. The summed E-state index contributed by atoms with van der Waals surface area (Å²) in [5, 5.41) is 1.13. The van der Waals surface area contributed by atoms with Gasteiger partial charge in [0, 0.05) is 5.02 Å². The van der Waals surface area contributed by atoms with Crippen LogP contribution in [0.5, 0.6) is 0 Å². The number of anilines is 1. The van der Waals surface area contributed by atoms with E-state index in [-0.39, 0.29) is 5.91 Å². The molecule has 0 aliphatic carbocycles. The number of nitrogens with one attached hydrogen (secondary N) is 2. The van der Waals surface area contributed by atoms with Crippen LogP contribution in [-0.2, 0) is 4.79 Å². The lowest BCUT2D eigenvalue weighted by atomic mass is 10.3. The van der Waals surface area contributed by atoms with E-state index in [0.29, 0.717) is 27.2 Å². The largest absolute Gasteiger partial charge is 0.296 e. The highest BCUT2D eigenvalue weighted by Crippen LogP contribution is 2.38. The average Bonchev–Trinajstić information content (AvgIpc) is 2.40. The molecule has 0 aliphatic rings. The van der Waals surface area contributed by atoms with Crippen LogP contribution in [0, 0.1) is 0 Å². The Morgan fingerprint density at radius 3 is 2.10 bits per heavy atom. The smallest absolute Gasteiger partial charge is 0.264 e. The molecule has 0 radical (unpaired) electrons. The van der Waals surface area contributed by atoms with Crippen LogP contribution in [0.15, 0.2) is 12.1 Å². The van der Waals surface area contributed by atoms with E-state index in [0.717, 1.165) is 0 Å². The Morgan fingerprint density at radius 1 is 1.20 bits per heavy atom. The molecule has 0 spiro atoms. The Hall–Kier alpha value is 0.0600. The molecule has 8 heteroatoms. The van der Waals surface area contributed by atoms with Gasteiger partial charge in [0.1, 0.15) is 4.08 Å². The summed E-state index contributed by atoms with van der Waals surface area (Å²) in [5.41, 5.74) is 5.85. The molecule has 0 aromatic heterocycles. The number of hydrogen-bond acceptors (Lipinski definition) is 4. The van der Waals surface area contributed by atoms with Crippen molar-refractivity contribution >= 4 is 69.9 Å². The number of carbonyl (C=O) groups is 1. The number of hydrazine groups is 1. The average molecular weight is 374 g/mol. The summed E-state index contributed by atoms with van der Waals surface area (Å²) in [6.07, 6.45) is 4.51. The number of benzene rings is 1. The van der Waals surface area contributed by atoms with E-state index in [4.69, 9.17) is 34.8 Å². The van der Waals surface area contributed by atoms with E-state index in [1.54, 1.807) is 12.1 Å². The summed E-state index contributed by atoms with van der Waals surface area (Å²) < 4.78 is -0.543. The van der Waals surface area contributed by atoms with Gasteiger partial charge in [-0.3, -0.25) is 15.6 Å². The molecule has 1 aromatic carbocycles. The predicted octanol–water partition coefficient (Wildman–Crippen LogP) is 4.92. The maximum atomic E-state index is 12.3. The van der Waals surface area contributed by atoms with Gasteiger partial charge >= 0.3 is 0 Å². The standard InChI is InChI=1S/C12H15Cl3N2OS2/c1-4-12(19-2,20-3)11(18)17-16-10-8(14)5-7(13)6-9(10)15/h5-6,16H,4H2,1-3H3,(H,17,18). The minimum atomic E-state index is -0.543. The van der Waals surface area contributed by atoms with Crippen molar-refractivity contribution in [2.24, 2.45) is 0 Å². The van der Waals surface area contributed by atoms with Crippen LogP contribution in [0.3, 0.4) is 0 Å². The number of amides is 1. The molecule has 0 heterocycles. The summed E-state index contributed by atoms with van der Waals surface area (Å²) in [6, 6.07) is 3.11. The van der Waals surface area contributed by atoms with E-state index in [1.165, 1.54) is 23.5 Å². The maximum absolute atomic E-state index is 12.3. The van der Waals surface area contributed by atoms with Crippen LogP contribution in [0.2, 0.25) is 15.1 Å². The summed E-state index contributed by atoms with van der Waals surface area (Å²) >= 11 is 20.9. The molecular formula is C12H15Cl3N2OS2. The van der Waals surface area contributed by atoms with Crippen molar-refractivity contribution < 1.29 is 4.79 Å². The minimum Gasteiger partial charge on any atom is -0.296 e. The van der Waals surface area contributed by atoms with Gasteiger partial charge in [0.15, 0.2) is 0 Å². The van der Waals surface area contributed by atoms with Crippen molar-refractivity contribution in [3.63, 3.8) is 0 Å². The molecule has 0 bridgehead atoms. The molecule has 1 rings (SSSR count). The minimum absolute atomic E-state index is 0.137. The first kappa shape index (κ1) is 18.1. The van der Waals surface area contributed by atoms with E-state index in [1.807, 2.05) is 19.4 Å². The molecule has 0 atom stereocenters. The van der Waals surface area contributed by atoms with Gasteiger partial charge in [-0.1, -0.05) is 41.7 Å². The van der Waals surface area contributed by atoms with E-state index < -0.39 is 4.08 Å². The van der Waals surface area contributed by atoms with Crippen LogP contribution < -0.4 is 10.9 Å². The van der Waals surface area contributed by atoms with Crippen molar-refractivity contribution in [1.82, 2.24) is 5.43 Å². The van der Waals surface area contributed by atoms with Gasteiger partial charge < -0.3 is 0 Å². The zero-order valence-corrected chi connectivity index (χ0v) is 15.1. The van der Waals surface area contributed by atoms with Gasteiger partial charge in [0.2, 0.25) is 0 Å². The molecule has 0 saturated heterocycles. The molecule has 112 valence electrons. The molecule has 0 unspecified atom stereocenters. The first-order valence-corrected chi connectivity index (χ1v) is 9.29. The SMILES string of the molecule is CCC(SC)(SC)C(=O)NNc1c(Cl)cc(Cl)cc1Cl. The lowest BCUT2D eigenvalue weighted by Gasteiger charge is -2.27. The quantitative estimate of drug-likeness (QED) is 0.548. The number of rotatable bonds is 6. The summed E-state index contributed by atoms with van der Waals surface area (Å²) in [6.45, 7) is 1.97. The third kappa shape index (κ3) is 4.04. The number of halogens is 3. The van der Waals surface area contributed by atoms with Crippen molar-refractivity contribution in [3.8, 4) is 0 Å². The lowest BCUT2D eigenvalue weighted by molar-refractivity contribution is -0.120. The van der Waals surface area contributed by atoms with Gasteiger partial charge in [-0.15, -0.1) is 23.5 Å². The molecule has 1 aromatic rings. The highest BCUT2D eigenvalue weighted by molar-refractivity contribution is 8.18. The van der Waals surface area contributed by atoms with E-state index in [9.17, 15) is 4.79 Å². The first-order valence-electron chi connectivity index (χ1n) is 5.71. The lowest BCUT2D eigenvalue weighted by Crippen LogP contribution is -2.43. The fourth-order valence-corrected chi connectivity index (χ4v) is 4.22. The van der Waals surface area contributed by atoms with Crippen LogP contribution in [0.4, 0.5) is 5.69 Å². The summed E-state index contributed by atoms with van der Waals surface area (Å²) in [4.78, 5) is 12.3. The van der Waals surface area contributed by atoms with Crippen molar-refractivity contribution in [3.05, 3.63) is 27.2 Å². The molecule has 1 amide bonds. The maximum Gasteiger partial charge on any atom is 0.264 e. The molecule has 0 aliphatic heterocycles. The zero-order valence-electron chi connectivity index (χ0n) is 11.2. The second-order valence-corrected chi connectivity index (χ2v) is 7.56. The Bertz CT molecular complexity index is 464. The highest BCUT2D eigenvalue weighted by Gasteiger charge is 2.35. The molecule has 20 heavy (non-hydrogen) atoms. The Labute approximate surface area is 142 Å². The van der Waals surface area contributed by atoms with Gasteiger partial charge in [0.25, 0.3) is 5.91 Å². The van der Waals surface area contributed by atoms with Crippen LogP contribution in [-0.4, -0.2) is 22.5 Å². The number of hydrogen-bond donors (Lipinski definition) is 2. The fraction of sp³-hybridized carbons (Fsp3) is 0.417. The predicted molar refractivity (Wildman–Crippen MR) is 93.3 cm³/mol. The Morgan fingerprint density at radius 2 is 1.70 bits per heavy atom. The van der Waals surface area contributed by atoms with Crippen molar-refractivity contribution in [2.75, 3.05) is 17.9 Å². The normalized spacial score (nSPS) is 11.3. The molecule has 0 fully saturated rings. The van der Waals surface area contributed by atoms with Crippen LogP contribution in [0.1, 0.15) is 13.3 Å². The molecule has 0 saturated carbocycles. The molecule has 3 nitrogen and oxygen atoms in total. The second kappa shape index (κ2) is 7.90. The van der Waals surface area contributed by atoms with E-state index >= 15 is 0 Å². The van der Waals surface area contributed by atoms with E-state index in [2.05, 4.69) is 10.9 Å². The summed E-state index contributed by atoms with van der Waals surface area (Å²) in [7, 11) is 0.